The van der Waals surface area contributed by atoms with E-state index >= 15 is 0 Å². The number of likely N-dealkylation sites (N-methyl/N-ethyl adjacent to an activating group) is 1. The van der Waals surface area contributed by atoms with Gasteiger partial charge in [-0.2, -0.15) is 5.10 Å². The predicted octanol–water partition coefficient (Wildman–Crippen LogP) is 3.11. The highest BCUT2D eigenvalue weighted by atomic mass is 16.3. The van der Waals surface area contributed by atoms with Crippen LogP contribution >= 0.6 is 0 Å². The molecule has 0 saturated carbocycles. The lowest BCUT2D eigenvalue weighted by Gasteiger charge is -2.22. The number of nitrogens with zero attached hydrogens (tertiary/aromatic N) is 3. The third-order valence-electron chi connectivity index (χ3n) is 4.47. The third kappa shape index (κ3) is 3.55. The number of carbonyl (C=O) groups excluding carboxylic acids is 1. The van der Waals surface area contributed by atoms with Crippen LogP contribution in [-0.4, -0.2) is 41.2 Å². The van der Waals surface area contributed by atoms with Crippen molar-refractivity contribution in [1.29, 1.82) is 0 Å². The highest BCUT2D eigenvalue weighted by molar-refractivity contribution is 5.96. The first-order valence-corrected chi connectivity index (χ1v) is 8.58. The second-order valence-electron chi connectivity index (χ2n) is 6.50. The Labute approximate surface area is 153 Å². The van der Waals surface area contributed by atoms with Crippen molar-refractivity contribution in [3.05, 3.63) is 71.4 Å². The predicted molar refractivity (Wildman–Crippen MR) is 101 cm³/mol. The summed E-state index contributed by atoms with van der Waals surface area (Å²) in [5.74, 6) is 0.698. The molecule has 3 rings (SSSR count). The van der Waals surface area contributed by atoms with E-state index < -0.39 is 0 Å². The Balaban J connectivity index is 1.79. The molecule has 2 aromatic heterocycles. The average molecular weight is 352 g/mol. The summed E-state index contributed by atoms with van der Waals surface area (Å²) in [7, 11) is 3.92. The van der Waals surface area contributed by atoms with Crippen molar-refractivity contribution in [2.75, 3.05) is 20.6 Å². The fourth-order valence-electron chi connectivity index (χ4n) is 3.09. The van der Waals surface area contributed by atoms with Crippen molar-refractivity contribution in [3.63, 3.8) is 0 Å². The lowest BCUT2D eigenvalue weighted by atomic mass is 10.1. The Bertz CT molecular complexity index is 867. The summed E-state index contributed by atoms with van der Waals surface area (Å²) in [5.41, 5.74) is 3.09. The standard InChI is InChI=1S/C20H24N4O2/c1-14-19(15(2)24(22-14)16-9-6-5-7-10-16)20(25)21-13-17(23(3)4)18-11-8-12-26-18/h5-12,17H,13H2,1-4H3,(H,21,25)/t17-/m0/s1. The number of benzene rings is 1. The van der Waals surface area contributed by atoms with Crippen LogP contribution in [0.2, 0.25) is 0 Å². The topological polar surface area (TPSA) is 63.3 Å². The molecule has 1 N–H and O–H groups in total. The SMILES string of the molecule is Cc1nn(-c2ccccc2)c(C)c1C(=O)NC[C@@H](c1ccco1)N(C)C. The number of amides is 1. The Morgan fingerprint density at radius 3 is 2.54 bits per heavy atom. The van der Waals surface area contributed by atoms with Crippen LogP contribution in [0.25, 0.3) is 5.69 Å². The highest BCUT2D eigenvalue weighted by Gasteiger charge is 2.22. The summed E-state index contributed by atoms with van der Waals surface area (Å²) in [6, 6.07) is 13.6. The molecule has 2 heterocycles. The lowest BCUT2D eigenvalue weighted by molar-refractivity contribution is 0.0938. The summed E-state index contributed by atoms with van der Waals surface area (Å²) >= 11 is 0. The first-order chi connectivity index (χ1) is 12.5. The Kier molecular flexibility index (Phi) is 5.23. The van der Waals surface area contributed by atoms with Crippen molar-refractivity contribution in [3.8, 4) is 5.69 Å². The first kappa shape index (κ1) is 17.9. The molecule has 1 aromatic carbocycles. The maximum Gasteiger partial charge on any atom is 0.255 e. The third-order valence-corrected chi connectivity index (χ3v) is 4.47. The molecule has 26 heavy (non-hydrogen) atoms. The number of aryl methyl sites for hydroxylation is 1. The van der Waals surface area contributed by atoms with Gasteiger partial charge in [0.05, 0.1) is 34.9 Å². The van der Waals surface area contributed by atoms with Gasteiger partial charge < -0.3 is 9.73 Å². The van der Waals surface area contributed by atoms with E-state index in [0.29, 0.717) is 17.8 Å². The van der Waals surface area contributed by atoms with Crippen LogP contribution < -0.4 is 5.32 Å². The smallest absolute Gasteiger partial charge is 0.255 e. The fraction of sp³-hybridized carbons (Fsp3) is 0.300. The number of furan rings is 1. The van der Waals surface area contributed by atoms with Crippen LogP contribution in [0.4, 0.5) is 0 Å². The molecule has 1 amide bonds. The van der Waals surface area contributed by atoms with Gasteiger partial charge in [0.15, 0.2) is 0 Å². The fourth-order valence-corrected chi connectivity index (χ4v) is 3.09. The summed E-state index contributed by atoms with van der Waals surface area (Å²) in [4.78, 5) is 14.8. The minimum absolute atomic E-state index is 0.0290. The van der Waals surface area contributed by atoms with E-state index in [1.54, 1.807) is 10.9 Å². The Morgan fingerprint density at radius 2 is 1.92 bits per heavy atom. The van der Waals surface area contributed by atoms with Crippen molar-refractivity contribution in [2.24, 2.45) is 0 Å². The minimum Gasteiger partial charge on any atom is -0.468 e. The van der Waals surface area contributed by atoms with Crippen LogP contribution in [0.15, 0.2) is 53.1 Å². The van der Waals surface area contributed by atoms with Gasteiger partial charge in [-0.25, -0.2) is 4.68 Å². The van der Waals surface area contributed by atoms with Gasteiger partial charge in [-0.05, 0) is 52.2 Å². The Hall–Kier alpha value is -2.86. The average Bonchev–Trinajstić information content (AvgIpc) is 3.24. The lowest BCUT2D eigenvalue weighted by Crippen LogP contribution is -2.34. The second kappa shape index (κ2) is 7.58. The second-order valence-corrected chi connectivity index (χ2v) is 6.50. The summed E-state index contributed by atoms with van der Waals surface area (Å²) in [5, 5.41) is 7.56. The summed E-state index contributed by atoms with van der Waals surface area (Å²) in [6.45, 7) is 4.23. The zero-order chi connectivity index (χ0) is 18.7. The van der Waals surface area contributed by atoms with Crippen molar-refractivity contribution in [2.45, 2.75) is 19.9 Å². The molecule has 6 heteroatoms. The number of rotatable bonds is 6. The summed E-state index contributed by atoms with van der Waals surface area (Å²) < 4.78 is 7.30. The molecule has 0 aliphatic carbocycles. The van der Waals surface area contributed by atoms with E-state index in [1.807, 2.05) is 75.3 Å². The van der Waals surface area contributed by atoms with Crippen molar-refractivity contribution in [1.82, 2.24) is 20.0 Å². The monoisotopic (exact) mass is 352 g/mol. The van der Waals surface area contributed by atoms with Crippen molar-refractivity contribution < 1.29 is 9.21 Å². The molecule has 0 radical (unpaired) electrons. The van der Waals surface area contributed by atoms with Gasteiger partial charge in [-0.15, -0.1) is 0 Å². The number of carbonyl (C=O) groups is 1. The number of hydrogen-bond acceptors (Lipinski definition) is 4. The number of aromatic nitrogens is 2. The number of nitrogens with one attached hydrogen (secondary N) is 1. The Morgan fingerprint density at radius 1 is 1.19 bits per heavy atom. The molecule has 1 atom stereocenters. The zero-order valence-corrected chi connectivity index (χ0v) is 15.6. The van der Waals surface area contributed by atoms with Gasteiger partial charge in [0.25, 0.3) is 5.91 Å². The number of hydrogen-bond donors (Lipinski definition) is 1. The van der Waals surface area contributed by atoms with Gasteiger partial charge in [0.1, 0.15) is 5.76 Å². The van der Waals surface area contributed by atoms with Crippen molar-refractivity contribution >= 4 is 5.91 Å². The molecule has 0 unspecified atom stereocenters. The molecule has 136 valence electrons. The van der Waals surface area contributed by atoms with Crippen LogP contribution in [0, 0.1) is 13.8 Å². The van der Waals surface area contributed by atoms with Crippen LogP contribution in [0.3, 0.4) is 0 Å². The van der Waals surface area contributed by atoms with Gasteiger partial charge in [0, 0.05) is 6.54 Å². The van der Waals surface area contributed by atoms with Gasteiger partial charge >= 0.3 is 0 Å². The largest absolute Gasteiger partial charge is 0.468 e. The highest BCUT2D eigenvalue weighted by Crippen LogP contribution is 2.20. The molecular formula is C20H24N4O2. The first-order valence-electron chi connectivity index (χ1n) is 8.58. The zero-order valence-electron chi connectivity index (χ0n) is 15.6. The van der Waals surface area contributed by atoms with Gasteiger partial charge in [-0.3, -0.25) is 9.69 Å². The van der Waals surface area contributed by atoms with E-state index in [9.17, 15) is 4.79 Å². The molecular weight excluding hydrogens is 328 g/mol. The van der Waals surface area contributed by atoms with E-state index in [4.69, 9.17) is 4.42 Å². The van der Waals surface area contributed by atoms with Gasteiger partial charge in [0.2, 0.25) is 0 Å². The van der Waals surface area contributed by atoms with E-state index in [2.05, 4.69) is 10.4 Å². The molecule has 0 aliphatic heterocycles. The normalized spacial score (nSPS) is 12.3. The minimum atomic E-state index is -0.124. The quantitative estimate of drug-likeness (QED) is 0.740. The molecule has 3 aromatic rings. The maximum absolute atomic E-state index is 12.8. The van der Waals surface area contributed by atoms with Crippen LogP contribution in [0.1, 0.15) is 33.5 Å². The van der Waals surface area contributed by atoms with E-state index in [0.717, 1.165) is 17.1 Å². The molecule has 0 bridgehead atoms. The molecule has 6 nitrogen and oxygen atoms in total. The molecule has 0 aliphatic rings. The summed E-state index contributed by atoms with van der Waals surface area (Å²) in [6.07, 6.45) is 1.64. The van der Waals surface area contributed by atoms with Gasteiger partial charge in [-0.1, -0.05) is 18.2 Å². The molecule has 0 spiro atoms. The van der Waals surface area contributed by atoms with Crippen LogP contribution in [-0.2, 0) is 0 Å². The number of para-hydroxylation sites is 1. The molecule has 0 fully saturated rings. The van der Waals surface area contributed by atoms with E-state index in [1.165, 1.54) is 0 Å². The van der Waals surface area contributed by atoms with Crippen LogP contribution in [0.5, 0.6) is 0 Å². The molecule has 0 saturated heterocycles. The van der Waals surface area contributed by atoms with E-state index in [-0.39, 0.29) is 11.9 Å². The maximum atomic E-state index is 12.8.